The number of rotatable bonds is 7. The number of hydrogen-bond donors (Lipinski definition) is 1. The van der Waals surface area contributed by atoms with E-state index in [1.54, 1.807) is 30.8 Å². The number of ether oxygens (including phenoxy) is 1. The molecule has 2 atom stereocenters. The molecule has 2 aromatic carbocycles. The molecule has 0 spiro atoms. The van der Waals surface area contributed by atoms with Gasteiger partial charge in [-0.3, -0.25) is 9.52 Å². The predicted octanol–water partition coefficient (Wildman–Crippen LogP) is 4.45. The highest BCUT2D eigenvalue weighted by molar-refractivity contribution is 7.93. The highest BCUT2D eigenvalue weighted by Crippen LogP contribution is 2.28. The molecule has 1 saturated heterocycles. The van der Waals surface area contributed by atoms with Crippen LogP contribution in [0.25, 0.3) is 10.9 Å². The van der Waals surface area contributed by atoms with Gasteiger partial charge in [-0.05, 0) is 61.7 Å². The molecule has 1 fully saturated rings. The van der Waals surface area contributed by atoms with E-state index >= 15 is 0 Å². The molecule has 2 aromatic heterocycles. The van der Waals surface area contributed by atoms with Crippen molar-refractivity contribution in [1.29, 1.82) is 0 Å². The maximum atomic E-state index is 13.5. The van der Waals surface area contributed by atoms with E-state index in [2.05, 4.69) is 14.6 Å². The first kappa shape index (κ1) is 25.1. The molecule has 5 rings (SSSR count). The summed E-state index contributed by atoms with van der Waals surface area (Å²) in [5.74, 6) is 0.828. The molecule has 9 nitrogen and oxygen atoms in total. The maximum Gasteiger partial charge on any atom is 0.263 e. The van der Waals surface area contributed by atoms with Gasteiger partial charge in [0.15, 0.2) is 5.13 Å². The summed E-state index contributed by atoms with van der Waals surface area (Å²) in [6, 6.07) is 14.3. The van der Waals surface area contributed by atoms with E-state index in [-0.39, 0.29) is 24.3 Å². The Morgan fingerprint density at radius 1 is 1.19 bits per heavy atom. The lowest BCUT2D eigenvalue weighted by atomic mass is 10.1. The van der Waals surface area contributed by atoms with Crippen molar-refractivity contribution >= 4 is 49.0 Å². The number of fused-ring (bicyclic) bond motifs is 1. The number of amides is 1. The van der Waals surface area contributed by atoms with Crippen molar-refractivity contribution in [2.75, 3.05) is 36.4 Å². The Balaban J connectivity index is 0.00000336. The highest BCUT2D eigenvalue weighted by Gasteiger charge is 2.31. The minimum absolute atomic E-state index is 0. The molecule has 3 heterocycles. The third-order valence-electron chi connectivity index (χ3n) is 6.78. The van der Waals surface area contributed by atoms with Gasteiger partial charge >= 0.3 is 0 Å². The number of piperazine rings is 1. The second kappa shape index (κ2) is 10.1. The summed E-state index contributed by atoms with van der Waals surface area (Å²) in [6.07, 6.45) is 3.50. The average Bonchev–Trinajstić information content (AvgIpc) is 3.57. The van der Waals surface area contributed by atoms with Crippen LogP contribution in [0, 0.1) is 0 Å². The Kier molecular flexibility index (Phi) is 6.82. The van der Waals surface area contributed by atoms with E-state index in [9.17, 15) is 13.2 Å². The van der Waals surface area contributed by atoms with Crippen LogP contribution >= 0.6 is 11.3 Å². The average molecular weight is 542 g/mol. The van der Waals surface area contributed by atoms with Crippen LogP contribution in [0.4, 0.5) is 10.8 Å². The zero-order valence-electron chi connectivity index (χ0n) is 20.9. The van der Waals surface area contributed by atoms with Gasteiger partial charge in [0, 0.05) is 56.6 Å². The van der Waals surface area contributed by atoms with Crippen molar-refractivity contribution in [3.8, 4) is 5.75 Å². The number of methoxy groups -OCH3 is 1. The molecular formula is C26H31N5O4S2. The van der Waals surface area contributed by atoms with E-state index in [4.69, 9.17) is 4.74 Å². The van der Waals surface area contributed by atoms with Crippen molar-refractivity contribution in [3.05, 3.63) is 66.3 Å². The lowest BCUT2D eigenvalue weighted by Gasteiger charge is -2.42. The number of benzene rings is 2. The molecule has 1 N–H and O–H groups in total. The summed E-state index contributed by atoms with van der Waals surface area (Å²) >= 11 is 1.23. The van der Waals surface area contributed by atoms with Crippen LogP contribution in [0.5, 0.6) is 5.75 Å². The molecular weight excluding hydrogens is 510 g/mol. The number of thiazole rings is 1. The summed E-state index contributed by atoms with van der Waals surface area (Å²) in [5.41, 5.74) is 1.88. The van der Waals surface area contributed by atoms with Gasteiger partial charge < -0.3 is 19.1 Å². The van der Waals surface area contributed by atoms with Gasteiger partial charge in [-0.2, -0.15) is 0 Å². The van der Waals surface area contributed by atoms with Crippen LogP contribution in [0.1, 0.15) is 21.3 Å². The van der Waals surface area contributed by atoms with Gasteiger partial charge in [0.25, 0.3) is 10.0 Å². The summed E-state index contributed by atoms with van der Waals surface area (Å²) in [6.45, 7) is 5.87. The first-order valence-corrected chi connectivity index (χ1v) is 14.4. The third-order valence-corrected chi connectivity index (χ3v) is 8.95. The van der Waals surface area contributed by atoms with Gasteiger partial charge in [-0.15, -0.1) is 11.3 Å². The Hall–Kier alpha value is -3.57. The standard InChI is InChI=1S/C26H29N5O4S2.H2/c1-18-17-29(21-5-8-23(9-6-21)37(33,34)28-26-27-11-15-36-26)13-14-30(18)25(32)19(2)31-12-10-20-4-7-22(35-3)16-24(20)31;/h4-12,15-16,18-19H,13-14,17H2,1-3H3,(H,27,28);1H. The van der Waals surface area contributed by atoms with E-state index in [1.165, 1.54) is 11.3 Å². The summed E-state index contributed by atoms with van der Waals surface area (Å²) in [5, 5.41) is 3.11. The van der Waals surface area contributed by atoms with Gasteiger partial charge in [-0.25, -0.2) is 13.4 Å². The van der Waals surface area contributed by atoms with E-state index in [0.29, 0.717) is 24.8 Å². The number of carbonyl (C=O) groups excluding carboxylic acids is 1. The monoisotopic (exact) mass is 541 g/mol. The second-order valence-electron chi connectivity index (χ2n) is 9.09. The molecule has 0 saturated carbocycles. The van der Waals surface area contributed by atoms with Crippen LogP contribution in [-0.4, -0.2) is 61.6 Å². The van der Waals surface area contributed by atoms with Crippen molar-refractivity contribution < 1.29 is 19.4 Å². The zero-order valence-corrected chi connectivity index (χ0v) is 22.5. The van der Waals surface area contributed by atoms with Crippen molar-refractivity contribution in [3.63, 3.8) is 0 Å². The van der Waals surface area contributed by atoms with Gasteiger partial charge in [0.1, 0.15) is 11.8 Å². The minimum Gasteiger partial charge on any atom is -0.497 e. The fourth-order valence-electron chi connectivity index (χ4n) is 4.76. The minimum atomic E-state index is -3.70. The number of anilines is 2. The first-order chi connectivity index (χ1) is 17.8. The van der Waals surface area contributed by atoms with Crippen molar-refractivity contribution in [2.24, 2.45) is 0 Å². The molecule has 1 aliphatic heterocycles. The van der Waals surface area contributed by atoms with Crippen molar-refractivity contribution in [2.45, 2.75) is 30.8 Å². The lowest BCUT2D eigenvalue weighted by molar-refractivity contribution is -0.136. The second-order valence-corrected chi connectivity index (χ2v) is 11.7. The molecule has 0 aliphatic carbocycles. The normalized spacial score (nSPS) is 17.1. The van der Waals surface area contributed by atoms with E-state index in [0.717, 1.165) is 22.3 Å². The largest absolute Gasteiger partial charge is 0.497 e. The predicted molar refractivity (Wildman–Crippen MR) is 148 cm³/mol. The van der Waals surface area contributed by atoms with Crippen LogP contribution < -0.4 is 14.4 Å². The molecule has 11 heteroatoms. The number of nitrogens with one attached hydrogen (secondary N) is 1. The van der Waals surface area contributed by atoms with Gasteiger partial charge in [0.2, 0.25) is 5.91 Å². The molecule has 4 aromatic rings. The Morgan fingerprint density at radius 2 is 1.97 bits per heavy atom. The van der Waals surface area contributed by atoms with Gasteiger partial charge in [-0.1, -0.05) is 0 Å². The van der Waals surface area contributed by atoms with Crippen LogP contribution in [0.2, 0.25) is 0 Å². The van der Waals surface area contributed by atoms with Crippen molar-refractivity contribution in [1.82, 2.24) is 14.5 Å². The van der Waals surface area contributed by atoms with Crippen LogP contribution in [0.3, 0.4) is 0 Å². The SMILES string of the molecule is COc1ccc2ccn(C(C)C(=O)N3CCN(c4ccc(S(=O)(=O)Nc5nccs5)cc4)CC3C)c2c1.[HH]. The van der Waals surface area contributed by atoms with Gasteiger partial charge in [0.05, 0.1) is 17.5 Å². The smallest absolute Gasteiger partial charge is 0.263 e. The maximum absolute atomic E-state index is 13.5. The molecule has 0 bridgehead atoms. The Labute approximate surface area is 221 Å². The Bertz CT molecular complexity index is 1510. The quantitative estimate of drug-likeness (QED) is 0.371. The summed E-state index contributed by atoms with van der Waals surface area (Å²) in [7, 11) is -2.06. The topological polar surface area (TPSA) is 96.8 Å². The van der Waals surface area contributed by atoms with Crippen LogP contribution in [0.15, 0.2) is 71.2 Å². The zero-order chi connectivity index (χ0) is 26.2. The first-order valence-electron chi connectivity index (χ1n) is 12.0. The molecule has 0 radical (unpaired) electrons. The molecule has 1 aliphatic rings. The van der Waals surface area contributed by atoms with Crippen LogP contribution in [-0.2, 0) is 14.8 Å². The molecule has 1 amide bonds. The lowest BCUT2D eigenvalue weighted by Crippen LogP contribution is -2.55. The number of carbonyl (C=O) groups is 1. The third kappa shape index (κ3) is 5.01. The number of sulfonamides is 1. The fourth-order valence-corrected chi connectivity index (χ4v) is 6.54. The number of hydrogen-bond acceptors (Lipinski definition) is 7. The molecule has 2 unspecified atom stereocenters. The van der Waals surface area contributed by atoms with E-state index in [1.807, 2.05) is 65.9 Å². The Morgan fingerprint density at radius 3 is 2.65 bits per heavy atom. The highest BCUT2D eigenvalue weighted by atomic mass is 32.2. The summed E-state index contributed by atoms with van der Waals surface area (Å²) in [4.78, 5) is 21.8. The summed E-state index contributed by atoms with van der Waals surface area (Å²) < 4.78 is 35.1. The molecule has 37 heavy (non-hydrogen) atoms. The number of aromatic nitrogens is 2. The van der Waals surface area contributed by atoms with E-state index < -0.39 is 10.0 Å². The molecule has 196 valence electrons. The fraction of sp³-hybridized carbons (Fsp3) is 0.308. The number of nitrogens with zero attached hydrogens (tertiary/aromatic N) is 4.